The summed E-state index contributed by atoms with van der Waals surface area (Å²) in [7, 11) is 2.14. The number of ether oxygens (including phenoxy) is 1. The van der Waals surface area contributed by atoms with Gasteiger partial charge in [-0.05, 0) is 56.8 Å². The van der Waals surface area contributed by atoms with Crippen molar-refractivity contribution in [1.82, 2.24) is 4.90 Å². The maximum absolute atomic E-state index is 9.55. The van der Waals surface area contributed by atoms with Crippen LogP contribution in [0.2, 0.25) is 0 Å². The number of likely N-dealkylation sites (N-methyl/N-ethyl adjacent to an activating group) is 1. The van der Waals surface area contributed by atoms with E-state index in [2.05, 4.69) is 51.7 Å². The second-order valence-corrected chi connectivity index (χ2v) is 9.28. The Bertz CT molecular complexity index is 1080. The summed E-state index contributed by atoms with van der Waals surface area (Å²) in [6, 6.07) is 14.3. The lowest BCUT2D eigenvalue weighted by Gasteiger charge is -2.18. The summed E-state index contributed by atoms with van der Waals surface area (Å²) in [6.45, 7) is 7.08. The summed E-state index contributed by atoms with van der Waals surface area (Å²) in [5.74, 6) is -1.62. The number of benzene rings is 2. The summed E-state index contributed by atoms with van der Waals surface area (Å²) in [5.41, 5.74) is 4.13. The zero-order chi connectivity index (χ0) is 27.0. The van der Waals surface area contributed by atoms with Crippen LogP contribution in [-0.4, -0.2) is 59.5 Å². The Kier molecular flexibility index (Phi) is 13.2. The Labute approximate surface area is 226 Å². The van der Waals surface area contributed by atoms with Crippen LogP contribution >= 0.6 is 15.9 Å². The van der Waals surface area contributed by atoms with Crippen molar-refractivity contribution < 1.29 is 29.4 Å². The van der Waals surface area contributed by atoms with E-state index in [-0.39, 0.29) is 0 Å². The van der Waals surface area contributed by atoms with Crippen molar-refractivity contribution in [3.8, 4) is 5.75 Å². The summed E-state index contributed by atoms with van der Waals surface area (Å²) in [5, 5.41) is 19.9. The van der Waals surface area contributed by atoms with Gasteiger partial charge in [0.25, 0.3) is 0 Å². The molecule has 0 bridgehead atoms. The van der Waals surface area contributed by atoms with Gasteiger partial charge in [0.15, 0.2) is 0 Å². The van der Waals surface area contributed by atoms with E-state index in [0.717, 1.165) is 58.7 Å². The molecule has 0 fully saturated rings. The van der Waals surface area contributed by atoms with Crippen molar-refractivity contribution >= 4 is 33.6 Å². The van der Waals surface area contributed by atoms with Crippen LogP contribution in [0.1, 0.15) is 42.4 Å². The third-order valence-electron chi connectivity index (χ3n) is 5.34. The molecule has 0 aromatic heterocycles. The van der Waals surface area contributed by atoms with Gasteiger partial charge in [0.2, 0.25) is 0 Å². The number of carboxylic acids is 2. The standard InChI is InChI=1S/C24H29BrN2O2.C4H4O4/c1-3-14-27(2)15-6-4-5-7-16-28-22-12-13-23-20(17-22)18-29-26-24(23)19-8-10-21(25)11-9-19;5-3(6)1-2-4(7)8/h3,8-13,17H,1,4-7,14-16,18H2,2H3;1-2H,(H,5,6)(H,7,8)/b;2-1+. The number of halogens is 1. The molecule has 0 unspecified atom stereocenters. The van der Waals surface area contributed by atoms with E-state index in [1.54, 1.807) is 0 Å². The number of rotatable bonds is 13. The number of hydrogen-bond acceptors (Lipinski definition) is 6. The van der Waals surface area contributed by atoms with E-state index in [9.17, 15) is 9.59 Å². The summed E-state index contributed by atoms with van der Waals surface area (Å²) < 4.78 is 7.02. The van der Waals surface area contributed by atoms with Crippen molar-refractivity contribution in [3.05, 3.63) is 88.4 Å². The molecule has 0 saturated carbocycles. The molecule has 1 heterocycles. The van der Waals surface area contributed by atoms with E-state index in [1.807, 2.05) is 36.4 Å². The zero-order valence-electron chi connectivity index (χ0n) is 20.9. The third-order valence-corrected chi connectivity index (χ3v) is 5.87. The predicted molar refractivity (Wildman–Crippen MR) is 147 cm³/mol. The fourth-order valence-corrected chi connectivity index (χ4v) is 3.79. The van der Waals surface area contributed by atoms with E-state index in [1.165, 1.54) is 19.3 Å². The van der Waals surface area contributed by atoms with Crippen molar-refractivity contribution in [1.29, 1.82) is 0 Å². The minimum absolute atomic E-state index is 0.477. The highest BCUT2D eigenvalue weighted by Crippen LogP contribution is 2.26. The monoisotopic (exact) mass is 572 g/mol. The van der Waals surface area contributed by atoms with Crippen LogP contribution in [0.25, 0.3) is 0 Å². The molecule has 8 nitrogen and oxygen atoms in total. The number of carboxylic acid groups (broad SMARTS) is 2. The molecule has 1 aliphatic rings. The van der Waals surface area contributed by atoms with E-state index in [0.29, 0.717) is 18.8 Å². The van der Waals surface area contributed by atoms with Gasteiger partial charge in [-0.25, -0.2) is 9.59 Å². The highest BCUT2D eigenvalue weighted by molar-refractivity contribution is 9.10. The second-order valence-electron chi connectivity index (χ2n) is 8.36. The Hall–Kier alpha value is -3.43. The Balaban J connectivity index is 0.000000521. The summed E-state index contributed by atoms with van der Waals surface area (Å²) >= 11 is 3.47. The maximum Gasteiger partial charge on any atom is 0.328 e. The van der Waals surface area contributed by atoms with Crippen molar-refractivity contribution in [2.24, 2.45) is 5.16 Å². The SMILES string of the molecule is C=CCN(C)CCCCCCOc1ccc2c(c1)CON=C2c1ccc(Br)cc1.O=C(O)/C=C/C(=O)O. The van der Waals surface area contributed by atoms with Crippen LogP contribution in [0.3, 0.4) is 0 Å². The first kappa shape index (κ1) is 29.8. The molecule has 0 amide bonds. The molecule has 37 heavy (non-hydrogen) atoms. The number of unbranched alkanes of at least 4 members (excludes halogenated alkanes) is 3. The number of oxime groups is 1. The molecule has 2 N–H and O–H groups in total. The average Bonchev–Trinajstić information content (AvgIpc) is 2.87. The Morgan fingerprint density at radius 2 is 1.76 bits per heavy atom. The van der Waals surface area contributed by atoms with Gasteiger partial charge in [0.1, 0.15) is 18.1 Å². The van der Waals surface area contributed by atoms with Crippen LogP contribution in [0.5, 0.6) is 5.75 Å². The van der Waals surface area contributed by atoms with Gasteiger partial charge in [-0.2, -0.15) is 0 Å². The molecular weight excluding hydrogens is 540 g/mol. The first-order valence-electron chi connectivity index (χ1n) is 12.0. The topological polar surface area (TPSA) is 109 Å². The number of carbonyl (C=O) groups is 2. The molecule has 9 heteroatoms. The number of hydrogen-bond donors (Lipinski definition) is 2. The quantitative estimate of drug-likeness (QED) is 0.185. The van der Waals surface area contributed by atoms with Crippen LogP contribution < -0.4 is 4.74 Å². The summed E-state index contributed by atoms with van der Waals surface area (Å²) in [6.07, 6.45) is 7.78. The normalized spacial score (nSPS) is 12.1. The number of fused-ring (bicyclic) bond motifs is 1. The van der Waals surface area contributed by atoms with Crippen molar-refractivity contribution in [3.63, 3.8) is 0 Å². The molecule has 0 atom stereocenters. The van der Waals surface area contributed by atoms with Gasteiger partial charge in [0.05, 0.1) is 6.61 Å². The molecule has 0 saturated heterocycles. The van der Waals surface area contributed by atoms with E-state index in [4.69, 9.17) is 19.8 Å². The molecule has 0 spiro atoms. The van der Waals surface area contributed by atoms with Gasteiger partial charge < -0.3 is 24.7 Å². The fourth-order valence-electron chi connectivity index (χ4n) is 3.52. The van der Waals surface area contributed by atoms with Gasteiger partial charge in [-0.15, -0.1) is 6.58 Å². The minimum Gasteiger partial charge on any atom is -0.494 e. The lowest BCUT2D eigenvalue weighted by Crippen LogP contribution is -2.19. The maximum atomic E-state index is 9.55. The van der Waals surface area contributed by atoms with Crippen LogP contribution in [-0.2, 0) is 21.0 Å². The first-order valence-corrected chi connectivity index (χ1v) is 12.7. The third kappa shape index (κ3) is 11.4. The lowest BCUT2D eigenvalue weighted by molar-refractivity contribution is -0.134. The Morgan fingerprint density at radius 1 is 1.08 bits per heavy atom. The first-order chi connectivity index (χ1) is 17.8. The van der Waals surface area contributed by atoms with Crippen molar-refractivity contribution in [2.75, 3.05) is 26.7 Å². The van der Waals surface area contributed by atoms with Gasteiger partial charge in [-0.1, -0.05) is 52.1 Å². The van der Waals surface area contributed by atoms with Gasteiger partial charge in [0, 0.05) is 39.9 Å². The molecular formula is C28H33BrN2O6. The lowest BCUT2D eigenvalue weighted by atomic mass is 9.97. The number of nitrogens with zero attached hydrogens (tertiary/aromatic N) is 2. The summed E-state index contributed by atoms with van der Waals surface area (Å²) in [4.78, 5) is 26.9. The van der Waals surface area contributed by atoms with E-state index < -0.39 is 11.9 Å². The highest BCUT2D eigenvalue weighted by atomic mass is 79.9. The van der Waals surface area contributed by atoms with Crippen LogP contribution in [0, 0.1) is 0 Å². The smallest absolute Gasteiger partial charge is 0.328 e. The fraction of sp³-hybridized carbons (Fsp3) is 0.321. The molecule has 2 aromatic rings. The van der Waals surface area contributed by atoms with Gasteiger partial charge >= 0.3 is 11.9 Å². The molecule has 2 aromatic carbocycles. The zero-order valence-corrected chi connectivity index (χ0v) is 22.5. The number of aliphatic carboxylic acids is 2. The second kappa shape index (κ2) is 16.3. The van der Waals surface area contributed by atoms with E-state index >= 15 is 0 Å². The van der Waals surface area contributed by atoms with Crippen molar-refractivity contribution in [2.45, 2.75) is 32.3 Å². The molecule has 198 valence electrons. The average molecular weight is 573 g/mol. The molecule has 3 rings (SSSR count). The Morgan fingerprint density at radius 3 is 2.41 bits per heavy atom. The molecule has 0 aliphatic carbocycles. The van der Waals surface area contributed by atoms with Gasteiger partial charge in [-0.3, -0.25) is 0 Å². The molecule has 0 radical (unpaired) electrons. The highest BCUT2D eigenvalue weighted by Gasteiger charge is 2.18. The van der Waals surface area contributed by atoms with Crippen LogP contribution in [0.15, 0.2) is 76.9 Å². The molecule has 1 aliphatic heterocycles. The van der Waals surface area contributed by atoms with Crippen LogP contribution in [0.4, 0.5) is 0 Å². The predicted octanol–water partition coefficient (Wildman–Crippen LogP) is 5.50. The largest absolute Gasteiger partial charge is 0.494 e. The minimum atomic E-state index is -1.26.